The maximum absolute atomic E-state index is 14.5. The number of hydrogen-bond donors (Lipinski definition) is 6. The number of likely N-dealkylation sites (N-methyl/N-ethyl adjacent to an activating group) is 2. The molecule has 4 saturated heterocycles. The molecule has 2 aromatic rings. The molecule has 4 fully saturated rings. The van der Waals surface area contributed by atoms with Crippen molar-refractivity contribution in [3.05, 3.63) is 71.8 Å². The van der Waals surface area contributed by atoms with Gasteiger partial charge in [-0.3, -0.25) is 38.6 Å². The first-order valence-corrected chi connectivity index (χ1v) is 27.4. The van der Waals surface area contributed by atoms with Crippen molar-refractivity contribution >= 4 is 71.2 Å². The van der Waals surface area contributed by atoms with Crippen LogP contribution in [0.3, 0.4) is 0 Å². The standard InChI is InChI=1S/C52H74N8O12S2/c1-31(57(7)49(67)68)43(61)53-35-21-25-73-39-27-51(3,4)41(59(39)47(35)65)45(63)55-37(33-17-11-9-12-18-33)29-71-23-15-16-24-72-30-38(34-19-13-10-14-20-34)56-46(64)42-52(5,6)28-40-60(42)48(66)36(22-26-74-40)54-44(62)32(2)58(8)50(69)70/h9-14,17-20,31-32,35-42H,15-16,21-30H2,1-8H3,(H,53,61)(H,54,62)(H,55,63)(H,56,64)(H,67,68)(H,69,70)/t31?,32?,35-,36-,37?,38?,39-,40-,41+,42+/m0/s1. The Morgan fingerprint density at radius 1 is 0.635 bits per heavy atom. The lowest BCUT2D eigenvalue weighted by atomic mass is 9.83. The Bertz CT molecular complexity index is 2170. The highest BCUT2D eigenvalue weighted by Crippen LogP contribution is 2.48. The van der Waals surface area contributed by atoms with Gasteiger partial charge in [0.25, 0.3) is 0 Å². The van der Waals surface area contributed by atoms with Crippen LogP contribution in [-0.4, -0.2) is 176 Å². The van der Waals surface area contributed by atoms with E-state index in [1.54, 1.807) is 33.3 Å². The first-order valence-electron chi connectivity index (χ1n) is 25.3. The molecule has 4 aliphatic rings. The lowest BCUT2D eigenvalue weighted by Gasteiger charge is -2.35. The van der Waals surface area contributed by atoms with Gasteiger partial charge in [-0.1, -0.05) is 88.4 Å². The van der Waals surface area contributed by atoms with Crippen LogP contribution in [0.1, 0.15) is 103 Å². The van der Waals surface area contributed by atoms with Crippen LogP contribution in [0.4, 0.5) is 9.59 Å². The number of fused-ring (bicyclic) bond motifs is 2. The zero-order chi connectivity index (χ0) is 54.1. The number of carboxylic acid groups (broad SMARTS) is 2. The zero-order valence-electron chi connectivity index (χ0n) is 43.6. The van der Waals surface area contributed by atoms with Gasteiger partial charge in [0, 0.05) is 27.3 Å². The Morgan fingerprint density at radius 3 is 1.32 bits per heavy atom. The summed E-state index contributed by atoms with van der Waals surface area (Å²) >= 11 is 3.13. The first-order chi connectivity index (χ1) is 35.0. The summed E-state index contributed by atoms with van der Waals surface area (Å²) in [4.78, 5) is 112. The van der Waals surface area contributed by atoms with Crippen LogP contribution in [-0.2, 0) is 38.2 Å². The minimum Gasteiger partial charge on any atom is -0.465 e. The van der Waals surface area contributed by atoms with Crippen molar-refractivity contribution < 1.29 is 58.0 Å². The number of thioether (sulfide) groups is 2. The average molecular weight is 1070 g/mol. The second kappa shape index (κ2) is 25.3. The summed E-state index contributed by atoms with van der Waals surface area (Å²) in [6, 6.07) is 12.1. The fourth-order valence-electron chi connectivity index (χ4n) is 10.1. The predicted molar refractivity (Wildman–Crippen MR) is 280 cm³/mol. The van der Waals surface area contributed by atoms with Crippen molar-refractivity contribution in [2.24, 2.45) is 10.8 Å². The number of benzene rings is 2. The summed E-state index contributed by atoms with van der Waals surface area (Å²) in [5.74, 6) is -1.52. The van der Waals surface area contributed by atoms with Gasteiger partial charge in [-0.2, -0.15) is 0 Å². The maximum Gasteiger partial charge on any atom is 0.407 e. The van der Waals surface area contributed by atoms with Crippen LogP contribution in [0.5, 0.6) is 0 Å². The molecule has 4 unspecified atom stereocenters. The largest absolute Gasteiger partial charge is 0.465 e. The number of ether oxygens (including phenoxy) is 2. The molecule has 0 bridgehead atoms. The smallest absolute Gasteiger partial charge is 0.407 e. The third-order valence-electron chi connectivity index (χ3n) is 14.7. The molecular formula is C52H74N8O12S2. The zero-order valence-corrected chi connectivity index (χ0v) is 45.2. The van der Waals surface area contributed by atoms with Gasteiger partial charge >= 0.3 is 12.2 Å². The van der Waals surface area contributed by atoms with Crippen LogP contribution in [0.25, 0.3) is 0 Å². The summed E-state index contributed by atoms with van der Waals surface area (Å²) in [7, 11) is 2.58. The Balaban J connectivity index is 1.03. The van der Waals surface area contributed by atoms with Gasteiger partial charge in [-0.25, -0.2) is 9.59 Å². The topological polar surface area (TPSA) is 257 Å². The second-order valence-electron chi connectivity index (χ2n) is 21.0. The highest BCUT2D eigenvalue weighted by atomic mass is 32.2. The average Bonchev–Trinajstić information content (AvgIpc) is 3.68. The number of carbonyl (C=O) groups excluding carboxylic acids is 6. The molecule has 0 aromatic heterocycles. The normalized spacial score (nSPS) is 24.6. The molecule has 0 saturated carbocycles. The van der Waals surface area contributed by atoms with Gasteiger partial charge in [0.1, 0.15) is 36.3 Å². The number of rotatable bonds is 21. The highest BCUT2D eigenvalue weighted by molar-refractivity contribution is 8.00. The molecule has 6 N–H and O–H groups in total. The van der Waals surface area contributed by atoms with E-state index in [0.29, 0.717) is 63.2 Å². The minimum atomic E-state index is -1.27. The Hall–Kier alpha value is -5.58. The fraction of sp³-hybridized carbons (Fsp3) is 0.615. The van der Waals surface area contributed by atoms with Crippen LogP contribution in [0, 0.1) is 10.8 Å². The van der Waals surface area contributed by atoms with Gasteiger partial charge in [-0.05, 0) is 85.8 Å². The third kappa shape index (κ3) is 13.8. The Morgan fingerprint density at radius 2 is 0.986 bits per heavy atom. The second-order valence-corrected chi connectivity index (χ2v) is 23.5. The van der Waals surface area contributed by atoms with Gasteiger partial charge in [-0.15, -0.1) is 23.5 Å². The van der Waals surface area contributed by atoms with E-state index in [-0.39, 0.29) is 47.6 Å². The van der Waals surface area contributed by atoms with Crippen LogP contribution in [0.15, 0.2) is 60.7 Å². The van der Waals surface area contributed by atoms with E-state index in [1.165, 1.54) is 27.9 Å². The van der Waals surface area contributed by atoms with Crippen LogP contribution < -0.4 is 21.3 Å². The van der Waals surface area contributed by atoms with E-state index in [0.717, 1.165) is 20.9 Å². The molecule has 0 spiro atoms. The molecule has 4 aliphatic heterocycles. The van der Waals surface area contributed by atoms with E-state index in [4.69, 9.17) is 9.47 Å². The van der Waals surface area contributed by atoms with Gasteiger partial charge in [0.05, 0.1) is 36.0 Å². The molecule has 0 radical (unpaired) electrons. The molecule has 8 amide bonds. The molecule has 2 aromatic carbocycles. The molecule has 406 valence electrons. The number of amides is 8. The molecule has 74 heavy (non-hydrogen) atoms. The monoisotopic (exact) mass is 1070 g/mol. The fourth-order valence-corrected chi connectivity index (χ4v) is 13.3. The molecular weight excluding hydrogens is 993 g/mol. The number of carbonyl (C=O) groups is 8. The molecule has 22 heteroatoms. The lowest BCUT2D eigenvalue weighted by Crippen LogP contribution is -2.58. The van der Waals surface area contributed by atoms with Crippen molar-refractivity contribution in [3.63, 3.8) is 0 Å². The summed E-state index contributed by atoms with van der Waals surface area (Å²) in [6.45, 7) is 11.7. The van der Waals surface area contributed by atoms with E-state index >= 15 is 0 Å². The van der Waals surface area contributed by atoms with Crippen LogP contribution >= 0.6 is 23.5 Å². The Kier molecular flexibility index (Phi) is 19.7. The van der Waals surface area contributed by atoms with Crippen molar-refractivity contribution in [1.29, 1.82) is 0 Å². The van der Waals surface area contributed by atoms with E-state index in [1.807, 2.05) is 88.4 Å². The number of unbranched alkanes of at least 4 members (excludes halogenated alkanes) is 1. The van der Waals surface area contributed by atoms with E-state index in [9.17, 15) is 48.6 Å². The van der Waals surface area contributed by atoms with Crippen molar-refractivity contribution in [3.8, 4) is 0 Å². The summed E-state index contributed by atoms with van der Waals surface area (Å²) in [5.41, 5.74) is 0.418. The van der Waals surface area contributed by atoms with Crippen molar-refractivity contribution in [1.82, 2.24) is 40.9 Å². The summed E-state index contributed by atoms with van der Waals surface area (Å²) in [6.07, 6.45) is 0.496. The third-order valence-corrected chi connectivity index (χ3v) is 17.2. The molecule has 6 rings (SSSR count). The maximum atomic E-state index is 14.5. The van der Waals surface area contributed by atoms with Crippen molar-refractivity contribution in [2.75, 3.05) is 52.0 Å². The van der Waals surface area contributed by atoms with E-state index < -0.39 is 83.2 Å². The van der Waals surface area contributed by atoms with Gasteiger partial charge < -0.3 is 50.8 Å². The molecule has 20 nitrogen and oxygen atoms in total. The summed E-state index contributed by atoms with van der Waals surface area (Å²) < 4.78 is 12.4. The number of hydrogen-bond acceptors (Lipinski definition) is 12. The SMILES string of the molecule is CC(C(=O)N[C@H]1CCS[C@H]2CC(C)(C)[C@@H](C(=O)NC(COCCCCOCC(NC(=O)[C@H]3N4C(=O)[C@@H](NC(=O)C(C)N(C)C(=O)O)CCS[C@H]4CC3(C)C)c3ccccc3)c3ccccc3)N2C1=O)N(C)C(=O)O. The van der Waals surface area contributed by atoms with Crippen molar-refractivity contribution in [2.45, 2.75) is 139 Å². The molecule has 10 atom stereocenters. The van der Waals surface area contributed by atoms with E-state index in [2.05, 4.69) is 21.3 Å². The van der Waals surface area contributed by atoms with Gasteiger partial charge in [0.15, 0.2) is 0 Å². The Labute approximate surface area is 442 Å². The number of nitrogens with zero attached hydrogens (tertiary/aromatic N) is 4. The summed E-state index contributed by atoms with van der Waals surface area (Å²) in [5, 5.41) is 30.1. The number of nitrogens with one attached hydrogen (secondary N) is 4. The quantitative estimate of drug-likeness (QED) is 0.0931. The first kappa shape index (κ1) is 57.7. The predicted octanol–water partition coefficient (Wildman–Crippen LogP) is 4.66. The highest BCUT2D eigenvalue weighted by Gasteiger charge is 2.56. The minimum absolute atomic E-state index is 0.149. The molecule has 4 heterocycles. The lowest BCUT2D eigenvalue weighted by molar-refractivity contribution is -0.144. The molecule has 0 aliphatic carbocycles. The van der Waals surface area contributed by atoms with Crippen LogP contribution in [0.2, 0.25) is 0 Å². The van der Waals surface area contributed by atoms with Gasteiger partial charge in [0.2, 0.25) is 35.4 Å².